The van der Waals surface area contributed by atoms with E-state index in [2.05, 4.69) is 46.4 Å². The van der Waals surface area contributed by atoms with Crippen molar-refractivity contribution in [2.24, 2.45) is 0 Å². The zero-order chi connectivity index (χ0) is 13.7. The molecule has 0 fully saturated rings. The van der Waals surface area contributed by atoms with E-state index in [0.29, 0.717) is 0 Å². The molecule has 0 aliphatic carbocycles. The summed E-state index contributed by atoms with van der Waals surface area (Å²) in [5.41, 5.74) is 2.41. The van der Waals surface area contributed by atoms with Gasteiger partial charge in [0.25, 0.3) is 0 Å². The third-order valence-electron chi connectivity index (χ3n) is 3.29. The number of thiocarbonyl (C=S) groups is 1. The van der Waals surface area contributed by atoms with E-state index in [4.69, 9.17) is 17.0 Å². The molecule has 1 aromatic rings. The molecule has 104 valence electrons. The average Bonchev–Trinajstić information content (AvgIpc) is 2.44. The van der Waals surface area contributed by atoms with Crippen LogP contribution in [-0.2, 0) is 4.74 Å². The zero-order valence-corrected chi connectivity index (χ0v) is 12.4. The Balaban J connectivity index is 2.01. The number of para-hydroxylation sites is 2. The maximum atomic E-state index is 5.49. The molecule has 19 heavy (non-hydrogen) atoms. The zero-order valence-electron chi connectivity index (χ0n) is 11.6. The molecule has 2 rings (SSSR count). The third-order valence-corrected chi connectivity index (χ3v) is 3.65. The van der Waals surface area contributed by atoms with Gasteiger partial charge >= 0.3 is 0 Å². The summed E-state index contributed by atoms with van der Waals surface area (Å²) in [6.07, 6.45) is 0.964. The summed E-state index contributed by atoms with van der Waals surface area (Å²) < 4.78 is 5.04. The molecule has 4 nitrogen and oxygen atoms in total. The van der Waals surface area contributed by atoms with Gasteiger partial charge in [0.2, 0.25) is 0 Å². The van der Waals surface area contributed by atoms with E-state index in [1.807, 2.05) is 0 Å². The lowest BCUT2D eigenvalue weighted by Gasteiger charge is -2.37. The molecule has 0 saturated carbocycles. The highest BCUT2D eigenvalue weighted by atomic mass is 32.1. The molecule has 5 heteroatoms. The quantitative estimate of drug-likeness (QED) is 0.671. The van der Waals surface area contributed by atoms with Crippen molar-refractivity contribution >= 4 is 28.7 Å². The molecule has 0 atom stereocenters. The SMILES string of the molecule is COCCCNC(=S)N1CCN(C)c2ccccc21. The standard InChI is InChI=1S/C14H21N3OS/c1-16-9-10-17(13-7-4-3-6-12(13)16)14(19)15-8-5-11-18-2/h3-4,6-7H,5,8-11H2,1-2H3,(H,15,19). The summed E-state index contributed by atoms with van der Waals surface area (Å²) >= 11 is 5.49. The minimum atomic E-state index is 0.759. The van der Waals surface area contributed by atoms with Gasteiger partial charge in [-0.3, -0.25) is 0 Å². The Bertz CT molecular complexity index is 438. The van der Waals surface area contributed by atoms with Crippen molar-refractivity contribution in [1.29, 1.82) is 0 Å². The van der Waals surface area contributed by atoms with E-state index in [1.54, 1.807) is 7.11 Å². The summed E-state index contributed by atoms with van der Waals surface area (Å²) in [6.45, 7) is 3.51. The van der Waals surface area contributed by atoms with Gasteiger partial charge in [-0.2, -0.15) is 0 Å². The van der Waals surface area contributed by atoms with Gasteiger partial charge < -0.3 is 19.9 Å². The van der Waals surface area contributed by atoms with Crippen LogP contribution in [0.5, 0.6) is 0 Å². The number of rotatable bonds is 4. The molecule has 0 radical (unpaired) electrons. The highest BCUT2D eigenvalue weighted by Gasteiger charge is 2.22. The van der Waals surface area contributed by atoms with Crippen LogP contribution in [0.25, 0.3) is 0 Å². The maximum Gasteiger partial charge on any atom is 0.173 e. The number of ether oxygens (including phenoxy) is 1. The number of likely N-dealkylation sites (N-methyl/N-ethyl adjacent to an activating group) is 1. The number of nitrogens with zero attached hydrogens (tertiary/aromatic N) is 2. The average molecular weight is 279 g/mol. The van der Waals surface area contributed by atoms with Crippen LogP contribution in [-0.4, -0.2) is 45.5 Å². The summed E-state index contributed by atoms with van der Waals surface area (Å²) in [4.78, 5) is 4.44. The second kappa shape index (κ2) is 6.73. The number of fused-ring (bicyclic) bond motifs is 1. The molecule has 0 saturated heterocycles. The normalized spacial score (nSPS) is 14.2. The van der Waals surface area contributed by atoms with Gasteiger partial charge in [0, 0.05) is 40.4 Å². The van der Waals surface area contributed by atoms with Crippen LogP contribution in [0.3, 0.4) is 0 Å². The van der Waals surface area contributed by atoms with Crippen LogP contribution < -0.4 is 15.1 Å². The molecule has 0 aromatic heterocycles. The van der Waals surface area contributed by atoms with Crippen molar-refractivity contribution in [1.82, 2.24) is 5.32 Å². The van der Waals surface area contributed by atoms with Crippen molar-refractivity contribution in [3.63, 3.8) is 0 Å². The Kier molecular flexibility index (Phi) is 4.99. The molecular formula is C14H21N3OS. The molecule has 0 spiro atoms. The fourth-order valence-corrected chi connectivity index (χ4v) is 2.52. The Labute approximate surface area is 120 Å². The van der Waals surface area contributed by atoms with Crippen LogP contribution >= 0.6 is 12.2 Å². The molecular weight excluding hydrogens is 258 g/mol. The minimum absolute atomic E-state index is 0.759. The highest BCUT2D eigenvalue weighted by molar-refractivity contribution is 7.80. The highest BCUT2D eigenvalue weighted by Crippen LogP contribution is 2.31. The van der Waals surface area contributed by atoms with Crippen LogP contribution in [0.15, 0.2) is 24.3 Å². The molecule has 0 amide bonds. The molecule has 1 aliphatic rings. The number of benzene rings is 1. The summed E-state index contributed by atoms with van der Waals surface area (Å²) in [5.74, 6) is 0. The summed E-state index contributed by atoms with van der Waals surface area (Å²) in [5, 5.41) is 4.10. The predicted octanol–water partition coefficient (Wildman–Crippen LogP) is 1.85. The van der Waals surface area contributed by atoms with Crippen LogP contribution in [0.1, 0.15) is 6.42 Å². The number of hydrogen-bond acceptors (Lipinski definition) is 3. The second-order valence-electron chi connectivity index (χ2n) is 4.64. The summed E-state index contributed by atoms with van der Waals surface area (Å²) in [6, 6.07) is 8.37. The Morgan fingerprint density at radius 2 is 2.05 bits per heavy atom. The van der Waals surface area contributed by atoms with E-state index < -0.39 is 0 Å². The van der Waals surface area contributed by atoms with Gasteiger partial charge in [0.05, 0.1) is 11.4 Å². The Hall–Kier alpha value is -1.33. The monoisotopic (exact) mass is 279 g/mol. The molecule has 0 bridgehead atoms. The molecule has 1 N–H and O–H groups in total. The van der Waals surface area contributed by atoms with E-state index in [9.17, 15) is 0 Å². The van der Waals surface area contributed by atoms with E-state index in [0.717, 1.165) is 37.8 Å². The topological polar surface area (TPSA) is 27.7 Å². The number of methoxy groups -OCH3 is 1. The first-order valence-corrected chi connectivity index (χ1v) is 6.99. The van der Waals surface area contributed by atoms with Crippen LogP contribution in [0.2, 0.25) is 0 Å². The first-order valence-electron chi connectivity index (χ1n) is 6.58. The summed E-state index contributed by atoms with van der Waals surface area (Å²) in [7, 11) is 3.83. The molecule has 0 unspecified atom stereocenters. The number of anilines is 2. The van der Waals surface area contributed by atoms with Gasteiger partial charge in [-0.05, 0) is 30.8 Å². The molecule has 1 aliphatic heterocycles. The lowest BCUT2D eigenvalue weighted by Crippen LogP contribution is -2.47. The van der Waals surface area contributed by atoms with Crippen molar-refractivity contribution in [2.45, 2.75) is 6.42 Å². The number of hydrogen-bond donors (Lipinski definition) is 1. The third kappa shape index (κ3) is 3.36. The first kappa shape index (κ1) is 14.1. The largest absolute Gasteiger partial charge is 0.385 e. The maximum absolute atomic E-state index is 5.49. The van der Waals surface area contributed by atoms with Crippen LogP contribution in [0, 0.1) is 0 Å². The van der Waals surface area contributed by atoms with Crippen molar-refractivity contribution in [3.05, 3.63) is 24.3 Å². The minimum Gasteiger partial charge on any atom is -0.385 e. The second-order valence-corrected chi connectivity index (χ2v) is 5.03. The van der Waals surface area contributed by atoms with E-state index >= 15 is 0 Å². The van der Waals surface area contributed by atoms with Gasteiger partial charge in [-0.1, -0.05) is 12.1 Å². The van der Waals surface area contributed by atoms with E-state index in [1.165, 1.54) is 11.4 Å². The predicted molar refractivity (Wildman–Crippen MR) is 84.2 cm³/mol. The Morgan fingerprint density at radius 1 is 1.32 bits per heavy atom. The molecule has 1 aromatic carbocycles. The fraction of sp³-hybridized carbons (Fsp3) is 0.500. The fourth-order valence-electron chi connectivity index (χ4n) is 2.22. The van der Waals surface area contributed by atoms with Crippen molar-refractivity contribution in [2.75, 3.05) is 50.2 Å². The van der Waals surface area contributed by atoms with Crippen molar-refractivity contribution in [3.8, 4) is 0 Å². The first-order chi connectivity index (χ1) is 9.24. The van der Waals surface area contributed by atoms with Gasteiger partial charge in [0.1, 0.15) is 0 Å². The molecule has 1 heterocycles. The smallest absolute Gasteiger partial charge is 0.173 e. The van der Waals surface area contributed by atoms with Crippen LogP contribution in [0.4, 0.5) is 11.4 Å². The van der Waals surface area contributed by atoms with Crippen molar-refractivity contribution < 1.29 is 4.74 Å². The van der Waals surface area contributed by atoms with Gasteiger partial charge in [-0.15, -0.1) is 0 Å². The van der Waals surface area contributed by atoms with E-state index in [-0.39, 0.29) is 0 Å². The number of nitrogens with one attached hydrogen (secondary N) is 1. The van der Waals surface area contributed by atoms with Gasteiger partial charge in [-0.25, -0.2) is 0 Å². The lowest BCUT2D eigenvalue weighted by molar-refractivity contribution is 0.195. The van der Waals surface area contributed by atoms with Gasteiger partial charge in [0.15, 0.2) is 5.11 Å². The Morgan fingerprint density at radius 3 is 2.79 bits per heavy atom. The lowest BCUT2D eigenvalue weighted by atomic mass is 10.2.